The highest BCUT2D eigenvalue weighted by atomic mass is 16.5. The van der Waals surface area contributed by atoms with E-state index >= 15 is 0 Å². The molecule has 156 valence electrons. The summed E-state index contributed by atoms with van der Waals surface area (Å²) in [5, 5.41) is 3.47. The number of carbonyl (C=O) groups is 1. The number of amides is 1. The van der Waals surface area contributed by atoms with Gasteiger partial charge in [-0.1, -0.05) is 6.07 Å². The minimum Gasteiger partial charge on any atom is -0.493 e. The molecule has 0 aromatic heterocycles. The lowest BCUT2D eigenvalue weighted by Crippen LogP contribution is -2.29. The number of anilines is 1. The van der Waals surface area contributed by atoms with Gasteiger partial charge in [0.1, 0.15) is 0 Å². The molecule has 0 unspecified atom stereocenters. The van der Waals surface area contributed by atoms with Crippen LogP contribution in [0.25, 0.3) is 0 Å². The molecule has 1 aliphatic rings. The topological polar surface area (TPSA) is 92.0 Å². The van der Waals surface area contributed by atoms with Crippen molar-refractivity contribution in [3.63, 3.8) is 0 Å². The fourth-order valence-electron chi connectivity index (χ4n) is 3.57. The van der Waals surface area contributed by atoms with Crippen LogP contribution < -0.4 is 25.3 Å². The van der Waals surface area contributed by atoms with Crippen LogP contribution in [0.5, 0.6) is 17.2 Å². The van der Waals surface area contributed by atoms with E-state index in [2.05, 4.69) is 5.32 Å². The Labute approximate surface area is 171 Å². The average molecular weight is 400 g/mol. The number of benzene rings is 2. The molecule has 0 spiro atoms. The lowest BCUT2D eigenvalue weighted by Gasteiger charge is -2.25. The van der Waals surface area contributed by atoms with E-state index in [1.54, 1.807) is 27.4 Å². The molecule has 1 heterocycles. The molecule has 0 saturated carbocycles. The summed E-state index contributed by atoms with van der Waals surface area (Å²) < 4.78 is 21.7. The largest absolute Gasteiger partial charge is 0.493 e. The van der Waals surface area contributed by atoms with E-state index in [-0.39, 0.29) is 6.04 Å². The molecule has 1 amide bonds. The third kappa shape index (κ3) is 4.92. The second-order valence-electron chi connectivity index (χ2n) is 6.99. The van der Waals surface area contributed by atoms with Crippen molar-refractivity contribution in [2.24, 2.45) is 5.73 Å². The Morgan fingerprint density at radius 1 is 1.03 bits per heavy atom. The van der Waals surface area contributed by atoms with Crippen molar-refractivity contribution in [1.29, 1.82) is 0 Å². The number of carbonyl (C=O) groups excluding carboxylic acids is 1. The third-order valence-corrected chi connectivity index (χ3v) is 5.06. The van der Waals surface area contributed by atoms with Gasteiger partial charge in [-0.2, -0.15) is 0 Å². The van der Waals surface area contributed by atoms with E-state index in [1.165, 1.54) is 0 Å². The molecule has 1 saturated heterocycles. The van der Waals surface area contributed by atoms with E-state index < -0.39 is 5.91 Å². The summed E-state index contributed by atoms with van der Waals surface area (Å²) in [5.41, 5.74) is 8.87. The van der Waals surface area contributed by atoms with Gasteiger partial charge in [0.2, 0.25) is 5.75 Å². The summed E-state index contributed by atoms with van der Waals surface area (Å²) in [5.74, 6) is 1.33. The van der Waals surface area contributed by atoms with E-state index in [0.29, 0.717) is 42.4 Å². The number of methoxy groups -OCH3 is 3. The molecule has 0 bridgehead atoms. The minimum atomic E-state index is -0.445. The number of nitrogens with two attached hydrogens (primary N) is 1. The average Bonchev–Trinajstić information content (AvgIpc) is 2.73. The Morgan fingerprint density at radius 2 is 1.69 bits per heavy atom. The molecule has 1 aliphatic heterocycles. The van der Waals surface area contributed by atoms with Crippen molar-refractivity contribution in [2.45, 2.75) is 25.3 Å². The van der Waals surface area contributed by atoms with Crippen LogP contribution in [0.4, 0.5) is 5.69 Å². The molecule has 2 aromatic rings. The molecule has 2 aromatic carbocycles. The molecular formula is C22H28N2O5. The molecule has 0 atom stereocenters. The first-order valence-corrected chi connectivity index (χ1v) is 9.61. The van der Waals surface area contributed by atoms with Crippen LogP contribution in [0.3, 0.4) is 0 Å². The van der Waals surface area contributed by atoms with Gasteiger partial charge in [0.15, 0.2) is 11.5 Å². The first kappa shape index (κ1) is 20.8. The molecule has 3 N–H and O–H groups in total. The van der Waals surface area contributed by atoms with E-state index in [9.17, 15) is 4.79 Å². The van der Waals surface area contributed by atoms with Crippen LogP contribution in [0, 0.1) is 0 Å². The van der Waals surface area contributed by atoms with Gasteiger partial charge in [0.25, 0.3) is 5.91 Å². The van der Waals surface area contributed by atoms with E-state index in [1.807, 2.05) is 24.3 Å². The van der Waals surface area contributed by atoms with Crippen molar-refractivity contribution in [2.75, 3.05) is 39.9 Å². The van der Waals surface area contributed by atoms with Gasteiger partial charge in [0, 0.05) is 24.9 Å². The lowest BCUT2D eigenvalue weighted by atomic mass is 10.00. The fraction of sp³-hybridized carbons (Fsp3) is 0.409. The number of nitrogens with one attached hydrogen (secondary N) is 1. The quantitative estimate of drug-likeness (QED) is 0.708. The Kier molecular flexibility index (Phi) is 6.82. The Bertz CT molecular complexity index is 837. The minimum absolute atomic E-state index is 0.262. The van der Waals surface area contributed by atoms with Crippen LogP contribution in [0.15, 0.2) is 30.3 Å². The first-order chi connectivity index (χ1) is 14.0. The van der Waals surface area contributed by atoms with Crippen LogP contribution in [0.2, 0.25) is 0 Å². The normalized spacial score (nSPS) is 14.3. The monoisotopic (exact) mass is 400 g/mol. The van der Waals surface area contributed by atoms with Gasteiger partial charge >= 0.3 is 0 Å². The van der Waals surface area contributed by atoms with Crippen LogP contribution in [-0.4, -0.2) is 46.5 Å². The van der Waals surface area contributed by atoms with Gasteiger partial charge in [-0.05, 0) is 54.7 Å². The molecule has 29 heavy (non-hydrogen) atoms. The van der Waals surface area contributed by atoms with Crippen molar-refractivity contribution < 1.29 is 23.7 Å². The molecular weight excluding hydrogens is 372 g/mol. The van der Waals surface area contributed by atoms with Crippen molar-refractivity contribution in [3.05, 3.63) is 47.0 Å². The number of ether oxygens (including phenoxy) is 4. The Morgan fingerprint density at radius 3 is 2.24 bits per heavy atom. The summed E-state index contributed by atoms with van der Waals surface area (Å²) in [6.45, 7) is 1.43. The summed E-state index contributed by atoms with van der Waals surface area (Å²) in [6.07, 6.45) is 2.43. The highest BCUT2D eigenvalue weighted by molar-refractivity contribution is 5.98. The maximum Gasteiger partial charge on any atom is 0.250 e. The standard InChI is InChI=1S/C22H28N2O5/c1-26-19-12-15(13-20(27-2)21(19)28-3)10-14-4-5-17(22(23)25)18(11-14)24-16-6-8-29-9-7-16/h4-5,11-13,16,24H,6-10H2,1-3H3,(H2,23,25). The van der Waals surface area contributed by atoms with Gasteiger partial charge in [-0.15, -0.1) is 0 Å². The summed E-state index contributed by atoms with van der Waals surface area (Å²) in [4.78, 5) is 11.9. The molecule has 0 aliphatic carbocycles. The zero-order valence-corrected chi connectivity index (χ0v) is 17.1. The van der Waals surface area contributed by atoms with Crippen LogP contribution >= 0.6 is 0 Å². The molecule has 1 fully saturated rings. The van der Waals surface area contributed by atoms with Crippen LogP contribution in [0.1, 0.15) is 34.3 Å². The van der Waals surface area contributed by atoms with Gasteiger partial charge in [0.05, 0.1) is 26.9 Å². The highest BCUT2D eigenvalue weighted by Gasteiger charge is 2.18. The number of primary amides is 1. The van der Waals surface area contributed by atoms with Crippen molar-refractivity contribution >= 4 is 11.6 Å². The van der Waals surface area contributed by atoms with Gasteiger partial charge < -0.3 is 30.0 Å². The summed E-state index contributed by atoms with van der Waals surface area (Å²) in [7, 11) is 4.77. The smallest absolute Gasteiger partial charge is 0.250 e. The first-order valence-electron chi connectivity index (χ1n) is 9.61. The number of hydrogen-bond acceptors (Lipinski definition) is 6. The number of hydrogen-bond donors (Lipinski definition) is 2. The third-order valence-electron chi connectivity index (χ3n) is 5.06. The van der Waals surface area contributed by atoms with E-state index in [4.69, 9.17) is 24.7 Å². The summed E-state index contributed by atoms with van der Waals surface area (Å²) >= 11 is 0. The maximum absolute atomic E-state index is 11.9. The highest BCUT2D eigenvalue weighted by Crippen LogP contribution is 2.38. The Balaban J connectivity index is 1.89. The number of rotatable bonds is 8. The Hall–Kier alpha value is -2.93. The zero-order valence-electron chi connectivity index (χ0n) is 17.1. The molecule has 7 nitrogen and oxygen atoms in total. The molecule has 0 radical (unpaired) electrons. The van der Waals surface area contributed by atoms with Crippen molar-refractivity contribution in [3.8, 4) is 17.2 Å². The lowest BCUT2D eigenvalue weighted by molar-refractivity contribution is 0.0904. The maximum atomic E-state index is 11.9. The second kappa shape index (κ2) is 9.52. The van der Waals surface area contributed by atoms with E-state index in [0.717, 1.165) is 29.7 Å². The van der Waals surface area contributed by atoms with Gasteiger partial charge in [-0.3, -0.25) is 4.79 Å². The molecule has 7 heteroatoms. The SMILES string of the molecule is COc1cc(Cc2ccc(C(N)=O)c(NC3CCOCC3)c2)cc(OC)c1OC. The fourth-order valence-corrected chi connectivity index (χ4v) is 3.57. The zero-order chi connectivity index (χ0) is 20.8. The van der Waals surface area contributed by atoms with Crippen LogP contribution in [-0.2, 0) is 11.2 Å². The predicted octanol–water partition coefficient (Wildman–Crippen LogP) is 2.99. The van der Waals surface area contributed by atoms with Gasteiger partial charge in [-0.25, -0.2) is 0 Å². The van der Waals surface area contributed by atoms with Crippen molar-refractivity contribution in [1.82, 2.24) is 0 Å². The molecule has 3 rings (SSSR count). The predicted molar refractivity (Wildman–Crippen MR) is 111 cm³/mol. The second-order valence-corrected chi connectivity index (χ2v) is 6.99. The summed E-state index contributed by atoms with van der Waals surface area (Å²) in [6, 6.07) is 9.79.